The van der Waals surface area contributed by atoms with Gasteiger partial charge in [0.05, 0.1) is 26.9 Å². The van der Waals surface area contributed by atoms with Crippen LogP contribution in [0.5, 0.6) is 11.5 Å². The molecule has 12 heteroatoms. The fraction of sp³-hybridized carbons (Fsp3) is 0.410. The number of aliphatic hydroxyl groups excluding tert-OH is 1. The van der Waals surface area contributed by atoms with Crippen molar-refractivity contribution in [1.82, 2.24) is 9.55 Å². The number of benzene rings is 3. The van der Waals surface area contributed by atoms with E-state index >= 15 is 0 Å². The first-order chi connectivity index (χ1) is 24.3. The van der Waals surface area contributed by atoms with Crippen molar-refractivity contribution >= 4 is 20.1 Å². The molecule has 51 heavy (non-hydrogen) atoms. The van der Waals surface area contributed by atoms with E-state index in [1.165, 1.54) is 16.3 Å². The summed E-state index contributed by atoms with van der Waals surface area (Å²) in [7, 11) is 0.771. The molecule has 1 aliphatic rings. The molecule has 10 nitrogen and oxygen atoms in total. The molecule has 0 spiro atoms. The summed E-state index contributed by atoms with van der Waals surface area (Å²) >= 11 is 1.34. The summed E-state index contributed by atoms with van der Waals surface area (Å²) < 4.78 is 32.8. The van der Waals surface area contributed by atoms with Crippen LogP contribution in [0.1, 0.15) is 50.1 Å². The van der Waals surface area contributed by atoms with E-state index in [1.54, 1.807) is 26.5 Å². The molecule has 2 heterocycles. The maximum Gasteiger partial charge on any atom is 0.350 e. The second kappa shape index (κ2) is 16.2. The van der Waals surface area contributed by atoms with Gasteiger partial charge in [0, 0.05) is 18.4 Å². The van der Waals surface area contributed by atoms with Gasteiger partial charge in [-0.25, -0.2) is 4.79 Å². The molecule has 0 aliphatic carbocycles. The summed E-state index contributed by atoms with van der Waals surface area (Å²) in [5, 5.41) is 21.3. The number of hydrogen-bond acceptors (Lipinski definition) is 10. The molecule has 4 aromatic rings. The monoisotopic (exact) mass is 729 g/mol. The Kier molecular flexibility index (Phi) is 12.1. The summed E-state index contributed by atoms with van der Waals surface area (Å²) in [6.07, 6.45) is -1.88. The van der Waals surface area contributed by atoms with Crippen molar-refractivity contribution in [3.05, 3.63) is 118 Å². The molecule has 3 aromatic carbocycles. The topological polar surface area (TPSA) is 125 Å². The second-order valence-corrected chi connectivity index (χ2v) is 19.8. The van der Waals surface area contributed by atoms with E-state index in [4.69, 9.17) is 28.6 Å². The maximum atomic E-state index is 13.5. The first-order valence-corrected chi connectivity index (χ1v) is 20.8. The smallest absolute Gasteiger partial charge is 0.350 e. The summed E-state index contributed by atoms with van der Waals surface area (Å²) in [6.45, 7) is 10.5. The molecule has 1 aromatic heterocycles. The van der Waals surface area contributed by atoms with Crippen molar-refractivity contribution in [2.45, 2.75) is 80.5 Å². The summed E-state index contributed by atoms with van der Waals surface area (Å²) in [4.78, 5) is 17.7. The van der Waals surface area contributed by atoms with Crippen molar-refractivity contribution in [2.75, 3.05) is 26.6 Å². The quantitative estimate of drug-likeness (QED) is 0.0481. The number of nitriles is 1. The van der Waals surface area contributed by atoms with E-state index in [0.29, 0.717) is 28.7 Å². The molecule has 0 bridgehead atoms. The number of aromatic nitrogens is 2. The molecule has 0 saturated carbocycles. The second-order valence-electron chi connectivity index (χ2n) is 13.9. The van der Waals surface area contributed by atoms with Gasteiger partial charge in [0.25, 0.3) is 0 Å². The lowest BCUT2D eigenvalue weighted by Crippen LogP contribution is -2.49. The van der Waals surface area contributed by atoms with Crippen LogP contribution < -0.4 is 15.2 Å². The maximum absolute atomic E-state index is 13.5. The zero-order chi connectivity index (χ0) is 36.8. The van der Waals surface area contributed by atoms with Crippen LogP contribution in [0.15, 0.2) is 101 Å². The number of rotatable bonds is 14. The normalized spacial score (nSPS) is 19.4. The largest absolute Gasteiger partial charge is 0.497 e. The number of hydrogen-bond donors (Lipinski definition) is 1. The Hall–Kier alpha value is -3.96. The Labute approximate surface area is 305 Å². The summed E-state index contributed by atoms with van der Waals surface area (Å²) in [5.41, 5.74) is 0.862. The molecular formula is C39H47N3O7SSi. The van der Waals surface area contributed by atoms with E-state index in [-0.39, 0.29) is 11.6 Å². The first-order valence-electron chi connectivity index (χ1n) is 16.9. The van der Waals surface area contributed by atoms with Gasteiger partial charge in [-0.1, -0.05) is 75.4 Å². The molecule has 1 saturated heterocycles. The fourth-order valence-corrected chi connectivity index (χ4v) is 7.87. The zero-order valence-electron chi connectivity index (χ0n) is 30.2. The molecule has 0 amide bonds. The Balaban J connectivity index is 1.56. The van der Waals surface area contributed by atoms with Gasteiger partial charge in [0.15, 0.2) is 14.5 Å². The molecule has 4 atom stereocenters. The van der Waals surface area contributed by atoms with E-state index in [9.17, 15) is 9.90 Å². The number of thioether (sulfide) groups is 1. The minimum absolute atomic E-state index is 0.0493. The molecule has 1 N–H and O–H groups in total. The lowest BCUT2D eigenvalue weighted by molar-refractivity contribution is -0.0957. The SMILES string of the molecule is COc1ccc(C(OC[C@H]2O[C@@H](n3ccc(SCCC#N)nc3=O)[C@H](O[Si](C)(C)C(C)(C)C)[C@@H]2O)(c2ccccc2)c2ccc(OC)cc2)cc1. The van der Waals surface area contributed by atoms with Gasteiger partial charge in [-0.05, 0) is 65.2 Å². The predicted molar refractivity (Wildman–Crippen MR) is 200 cm³/mol. The van der Waals surface area contributed by atoms with Gasteiger partial charge in [0.2, 0.25) is 0 Å². The predicted octanol–water partition coefficient (Wildman–Crippen LogP) is 6.92. The van der Waals surface area contributed by atoms with E-state index in [1.807, 2.05) is 78.9 Å². The van der Waals surface area contributed by atoms with Crippen LogP contribution in [-0.2, 0) is 19.5 Å². The highest BCUT2D eigenvalue weighted by atomic mass is 32.2. The number of methoxy groups -OCH3 is 2. The summed E-state index contributed by atoms with van der Waals surface area (Å²) in [5.74, 6) is 1.92. The average molecular weight is 730 g/mol. The van der Waals surface area contributed by atoms with Gasteiger partial charge >= 0.3 is 5.69 Å². The fourth-order valence-electron chi connectivity index (χ4n) is 5.88. The number of nitrogens with zero attached hydrogens (tertiary/aromatic N) is 3. The zero-order valence-corrected chi connectivity index (χ0v) is 32.1. The summed E-state index contributed by atoms with van der Waals surface area (Å²) in [6, 6.07) is 29.2. The van der Waals surface area contributed by atoms with Crippen LogP contribution in [0.25, 0.3) is 0 Å². The molecule has 0 radical (unpaired) electrons. The Morgan fingerprint density at radius 3 is 2.00 bits per heavy atom. The van der Waals surface area contributed by atoms with E-state index in [2.05, 4.69) is 44.9 Å². The number of ether oxygens (including phenoxy) is 4. The highest BCUT2D eigenvalue weighted by Crippen LogP contribution is 2.45. The van der Waals surface area contributed by atoms with Gasteiger partial charge in [-0.2, -0.15) is 10.2 Å². The Bertz CT molecular complexity index is 1790. The van der Waals surface area contributed by atoms with Crippen molar-refractivity contribution in [2.24, 2.45) is 0 Å². The van der Waals surface area contributed by atoms with Crippen LogP contribution in [0.2, 0.25) is 18.1 Å². The molecular weight excluding hydrogens is 683 g/mol. The molecule has 270 valence electrons. The average Bonchev–Trinajstić information content (AvgIpc) is 3.42. The van der Waals surface area contributed by atoms with Crippen LogP contribution in [0, 0.1) is 11.3 Å². The number of aliphatic hydroxyl groups is 1. The van der Waals surface area contributed by atoms with Gasteiger partial charge in [-0.3, -0.25) is 4.57 Å². The minimum atomic E-state index is -2.48. The van der Waals surface area contributed by atoms with Crippen molar-refractivity contribution in [3.8, 4) is 17.6 Å². The molecule has 5 rings (SSSR count). The van der Waals surface area contributed by atoms with Crippen LogP contribution >= 0.6 is 11.8 Å². The molecule has 1 fully saturated rings. The minimum Gasteiger partial charge on any atom is -0.497 e. The van der Waals surface area contributed by atoms with Crippen molar-refractivity contribution in [1.29, 1.82) is 5.26 Å². The Morgan fingerprint density at radius 1 is 0.922 bits per heavy atom. The van der Waals surface area contributed by atoms with Gasteiger partial charge < -0.3 is 28.5 Å². The lowest BCUT2D eigenvalue weighted by atomic mass is 9.80. The van der Waals surface area contributed by atoms with Crippen molar-refractivity contribution in [3.63, 3.8) is 0 Å². The third kappa shape index (κ3) is 8.25. The highest BCUT2D eigenvalue weighted by Gasteiger charge is 2.51. The van der Waals surface area contributed by atoms with E-state index < -0.39 is 44.1 Å². The standard InChI is InChI=1S/C39H47N3O7SSi/c1-38(2,3)51(6,7)49-35-34(43)32(48-36(35)42-24-22-33(41-37(42)44)50-25-11-23-40)26-47-39(27-12-9-8-10-13-27,28-14-18-30(45-4)19-15-28)29-16-20-31(46-5)21-17-29/h8-10,12-22,24,32,34-36,43H,11,25-26H2,1-7H3/t32-,34-,35-,36-/m1/s1. The molecule has 1 aliphatic heterocycles. The van der Waals surface area contributed by atoms with Crippen LogP contribution in [0.3, 0.4) is 0 Å². The molecule has 0 unspecified atom stereocenters. The highest BCUT2D eigenvalue weighted by molar-refractivity contribution is 7.99. The van der Waals surface area contributed by atoms with Crippen LogP contribution in [-0.4, -0.2) is 67.9 Å². The van der Waals surface area contributed by atoms with Gasteiger partial charge in [0.1, 0.15) is 40.4 Å². The first kappa shape index (κ1) is 38.3. The van der Waals surface area contributed by atoms with E-state index in [0.717, 1.165) is 16.7 Å². The van der Waals surface area contributed by atoms with Crippen molar-refractivity contribution < 1.29 is 28.5 Å². The third-order valence-corrected chi connectivity index (χ3v) is 15.1. The third-order valence-electron chi connectivity index (χ3n) is 9.73. The van der Waals surface area contributed by atoms with Crippen LogP contribution in [0.4, 0.5) is 0 Å². The Morgan fingerprint density at radius 2 is 1.49 bits per heavy atom. The lowest BCUT2D eigenvalue weighted by Gasteiger charge is -2.40. The van der Waals surface area contributed by atoms with Gasteiger partial charge in [-0.15, -0.1) is 11.8 Å².